The molecule has 4 rings (SSSR count). The third-order valence-corrected chi connectivity index (χ3v) is 6.55. The van der Waals surface area contributed by atoms with Gasteiger partial charge in [0.2, 0.25) is 0 Å². The second-order valence-electron chi connectivity index (χ2n) is 9.00. The van der Waals surface area contributed by atoms with Crippen LogP contribution in [0.15, 0.2) is 48.5 Å². The van der Waals surface area contributed by atoms with Crippen molar-refractivity contribution in [3.8, 4) is 22.6 Å². The second kappa shape index (κ2) is 12.1. The molecule has 2 aliphatic heterocycles. The van der Waals surface area contributed by atoms with Crippen LogP contribution < -0.4 is 14.8 Å². The Balaban J connectivity index is 1.16. The van der Waals surface area contributed by atoms with Gasteiger partial charge in [-0.25, -0.2) is 0 Å². The molecule has 0 amide bonds. The zero-order chi connectivity index (χ0) is 21.1. The highest BCUT2D eigenvalue weighted by molar-refractivity contribution is 5.64. The van der Waals surface area contributed by atoms with Crippen molar-refractivity contribution in [1.29, 1.82) is 0 Å². The topological polar surface area (TPSA) is 33.7 Å². The van der Waals surface area contributed by atoms with Gasteiger partial charge in [0, 0.05) is 6.54 Å². The van der Waals surface area contributed by atoms with Gasteiger partial charge in [-0.15, -0.1) is 0 Å². The fourth-order valence-electron chi connectivity index (χ4n) is 4.70. The minimum absolute atomic E-state index is 0.791. The van der Waals surface area contributed by atoms with Crippen LogP contribution in [-0.2, 0) is 0 Å². The summed E-state index contributed by atoms with van der Waals surface area (Å²) in [7, 11) is 0. The zero-order valence-corrected chi connectivity index (χ0v) is 18.9. The third kappa shape index (κ3) is 7.26. The van der Waals surface area contributed by atoms with Crippen molar-refractivity contribution in [1.82, 2.24) is 10.2 Å². The van der Waals surface area contributed by atoms with Gasteiger partial charge in [-0.1, -0.05) is 24.3 Å². The van der Waals surface area contributed by atoms with Crippen LogP contribution in [0.2, 0.25) is 0 Å². The third-order valence-electron chi connectivity index (χ3n) is 6.55. The van der Waals surface area contributed by atoms with Crippen LogP contribution in [0.4, 0.5) is 0 Å². The molecule has 0 radical (unpaired) electrons. The van der Waals surface area contributed by atoms with Crippen LogP contribution in [0.1, 0.15) is 44.9 Å². The summed E-state index contributed by atoms with van der Waals surface area (Å²) in [6.45, 7) is 7.64. The van der Waals surface area contributed by atoms with Crippen LogP contribution in [0.3, 0.4) is 0 Å². The molecule has 4 heteroatoms. The quantitative estimate of drug-likeness (QED) is 0.493. The minimum atomic E-state index is 0.791. The lowest BCUT2D eigenvalue weighted by atomic mass is 9.95. The molecule has 0 aromatic heterocycles. The van der Waals surface area contributed by atoms with E-state index in [1.54, 1.807) is 0 Å². The summed E-state index contributed by atoms with van der Waals surface area (Å²) in [4.78, 5) is 2.54. The molecule has 2 fully saturated rings. The van der Waals surface area contributed by atoms with Crippen molar-refractivity contribution in [2.45, 2.75) is 44.9 Å². The van der Waals surface area contributed by atoms with Crippen molar-refractivity contribution in [2.75, 3.05) is 45.9 Å². The van der Waals surface area contributed by atoms with Crippen LogP contribution in [0.5, 0.6) is 11.5 Å². The summed E-state index contributed by atoms with van der Waals surface area (Å²) < 4.78 is 11.9. The van der Waals surface area contributed by atoms with Crippen molar-refractivity contribution in [3.05, 3.63) is 48.5 Å². The normalized spacial score (nSPS) is 19.4. The van der Waals surface area contributed by atoms with Crippen LogP contribution in [0, 0.1) is 5.92 Å². The van der Waals surface area contributed by atoms with Gasteiger partial charge in [0.15, 0.2) is 0 Å². The number of benzene rings is 2. The van der Waals surface area contributed by atoms with E-state index in [2.05, 4.69) is 58.7 Å². The van der Waals surface area contributed by atoms with E-state index < -0.39 is 0 Å². The van der Waals surface area contributed by atoms with Crippen molar-refractivity contribution in [3.63, 3.8) is 0 Å². The molecule has 31 heavy (non-hydrogen) atoms. The number of piperidine rings is 1. The number of nitrogens with one attached hydrogen (secondary N) is 1. The Kier molecular flexibility index (Phi) is 8.66. The molecule has 2 saturated heterocycles. The van der Waals surface area contributed by atoms with Crippen molar-refractivity contribution < 1.29 is 9.47 Å². The summed E-state index contributed by atoms with van der Waals surface area (Å²) in [6.07, 6.45) is 8.89. The predicted octanol–water partition coefficient (Wildman–Crippen LogP) is 5.38. The van der Waals surface area contributed by atoms with Crippen LogP contribution in [0.25, 0.3) is 11.1 Å². The molecule has 0 aliphatic carbocycles. The molecule has 1 atom stereocenters. The summed E-state index contributed by atoms with van der Waals surface area (Å²) >= 11 is 0. The fraction of sp³-hybridized carbons (Fsp3) is 0.556. The van der Waals surface area contributed by atoms with Crippen LogP contribution >= 0.6 is 0 Å². The van der Waals surface area contributed by atoms with E-state index in [0.29, 0.717) is 0 Å². The first kappa shape index (κ1) is 22.2. The van der Waals surface area contributed by atoms with Gasteiger partial charge in [-0.3, -0.25) is 0 Å². The number of hydrogen-bond acceptors (Lipinski definition) is 4. The highest BCUT2D eigenvalue weighted by Crippen LogP contribution is 2.25. The first-order chi connectivity index (χ1) is 15.4. The number of ether oxygens (including phenoxy) is 2. The lowest BCUT2D eigenvalue weighted by molar-refractivity contribution is 0.263. The summed E-state index contributed by atoms with van der Waals surface area (Å²) in [5, 5.41) is 3.49. The monoisotopic (exact) mass is 422 g/mol. The standard InChI is InChI=1S/C27H38N2O2/c1-2-18-29(17-1)19-5-21-31-27-14-10-25(11-15-27)24-8-12-26(13-9-24)30-20-4-7-23-6-3-16-28-22-23/h8-15,23,28H,1-7,16-22H2. The highest BCUT2D eigenvalue weighted by Gasteiger charge is 2.12. The second-order valence-corrected chi connectivity index (χ2v) is 9.00. The molecular formula is C27H38N2O2. The first-order valence-electron chi connectivity index (χ1n) is 12.3. The van der Waals surface area contributed by atoms with Gasteiger partial charge in [0.1, 0.15) is 11.5 Å². The predicted molar refractivity (Wildman–Crippen MR) is 128 cm³/mol. The minimum Gasteiger partial charge on any atom is -0.494 e. The van der Waals surface area contributed by atoms with E-state index in [1.165, 1.54) is 69.4 Å². The van der Waals surface area contributed by atoms with E-state index in [-0.39, 0.29) is 0 Å². The van der Waals surface area contributed by atoms with Gasteiger partial charge in [-0.2, -0.15) is 0 Å². The average Bonchev–Trinajstić information content (AvgIpc) is 3.35. The molecule has 168 valence electrons. The smallest absolute Gasteiger partial charge is 0.119 e. The molecule has 2 aromatic rings. The Morgan fingerprint density at radius 3 is 1.97 bits per heavy atom. The first-order valence-corrected chi connectivity index (χ1v) is 12.3. The van der Waals surface area contributed by atoms with E-state index in [1.807, 2.05) is 0 Å². The van der Waals surface area contributed by atoms with Crippen molar-refractivity contribution >= 4 is 0 Å². The molecule has 2 heterocycles. The Morgan fingerprint density at radius 2 is 1.39 bits per heavy atom. The Morgan fingerprint density at radius 1 is 0.774 bits per heavy atom. The van der Waals surface area contributed by atoms with Crippen LogP contribution in [-0.4, -0.2) is 50.8 Å². The fourth-order valence-corrected chi connectivity index (χ4v) is 4.70. The van der Waals surface area contributed by atoms with Crippen molar-refractivity contribution in [2.24, 2.45) is 5.92 Å². The largest absolute Gasteiger partial charge is 0.494 e. The maximum atomic E-state index is 5.95. The van der Waals surface area contributed by atoms with E-state index in [0.717, 1.165) is 50.0 Å². The summed E-state index contributed by atoms with van der Waals surface area (Å²) in [5.41, 5.74) is 2.42. The summed E-state index contributed by atoms with van der Waals surface area (Å²) in [5.74, 6) is 2.75. The molecule has 1 unspecified atom stereocenters. The Bertz CT molecular complexity index is 748. The van der Waals surface area contributed by atoms with Gasteiger partial charge >= 0.3 is 0 Å². The van der Waals surface area contributed by atoms with E-state index in [4.69, 9.17) is 9.47 Å². The summed E-state index contributed by atoms with van der Waals surface area (Å²) in [6, 6.07) is 16.9. The Hall–Kier alpha value is -2.04. The maximum Gasteiger partial charge on any atom is 0.119 e. The number of nitrogens with zero attached hydrogens (tertiary/aromatic N) is 1. The molecule has 0 bridgehead atoms. The number of likely N-dealkylation sites (tertiary alicyclic amines) is 1. The van der Waals surface area contributed by atoms with E-state index >= 15 is 0 Å². The number of rotatable bonds is 11. The van der Waals surface area contributed by atoms with E-state index in [9.17, 15) is 0 Å². The highest BCUT2D eigenvalue weighted by atomic mass is 16.5. The SMILES string of the molecule is c1cc(-c2ccc(OCCCN3CCCC3)cc2)ccc1OCCCC1CCCNC1. The van der Waals surface area contributed by atoms with Gasteiger partial charge in [0.05, 0.1) is 13.2 Å². The molecule has 1 N–H and O–H groups in total. The maximum absolute atomic E-state index is 5.95. The molecule has 4 nitrogen and oxygen atoms in total. The molecule has 0 saturated carbocycles. The average molecular weight is 423 g/mol. The van der Waals surface area contributed by atoms with Gasteiger partial charge in [-0.05, 0) is 112 Å². The lowest BCUT2D eigenvalue weighted by Gasteiger charge is -2.22. The van der Waals surface area contributed by atoms with Gasteiger partial charge < -0.3 is 19.7 Å². The lowest BCUT2D eigenvalue weighted by Crippen LogP contribution is -2.29. The molecule has 2 aromatic carbocycles. The zero-order valence-electron chi connectivity index (χ0n) is 18.9. The number of hydrogen-bond donors (Lipinski definition) is 1. The molecule has 0 spiro atoms. The molecule has 2 aliphatic rings. The molecular weight excluding hydrogens is 384 g/mol. The Labute approximate surface area is 187 Å². The van der Waals surface area contributed by atoms with Gasteiger partial charge in [0.25, 0.3) is 0 Å².